The zero-order chi connectivity index (χ0) is 12.3. The molecule has 0 atom stereocenters. The van der Waals surface area contributed by atoms with Crippen molar-refractivity contribution in [2.75, 3.05) is 12.3 Å². The van der Waals surface area contributed by atoms with Crippen LogP contribution in [0, 0.1) is 11.3 Å². The molecule has 0 spiro atoms. The Balaban J connectivity index is 2.55. The Labute approximate surface area is 98.7 Å². The number of hydrogen-bond donors (Lipinski definition) is 2. The van der Waals surface area contributed by atoms with E-state index in [0.717, 1.165) is 5.56 Å². The fraction of sp³-hybridized carbons (Fsp3) is 0.167. The maximum atomic E-state index is 9.10. The molecule has 0 aliphatic carbocycles. The molecule has 0 radical (unpaired) electrons. The van der Waals surface area contributed by atoms with Gasteiger partial charge in [-0.15, -0.1) is 0 Å². The molecule has 0 bridgehead atoms. The largest absolute Gasteiger partial charge is 0.394 e. The van der Waals surface area contributed by atoms with E-state index in [9.17, 15) is 0 Å². The first-order valence-electron chi connectivity index (χ1n) is 5.20. The molecule has 3 N–H and O–H groups in total. The molecule has 2 aromatic rings. The van der Waals surface area contributed by atoms with E-state index in [2.05, 4.69) is 11.2 Å². The van der Waals surface area contributed by atoms with Crippen LogP contribution in [0.2, 0.25) is 0 Å². The van der Waals surface area contributed by atoms with Crippen LogP contribution < -0.4 is 5.73 Å². The van der Waals surface area contributed by atoms with Crippen molar-refractivity contribution in [2.24, 2.45) is 0 Å². The van der Waals surface area contributed by atoms with Gasteiger partial charge in [-0.25, -0.2) is 4.68 Å². The summed E-state index contributed by atoms with van der Waals surface area (Å²) in [6, 6.07) is 11.4. The third-order valence-corrected chi connectivity index (χ3v) is 2.46. The number of nitrogens with two attached hydrogens (primary N) is 1. The zero-order valence-corrected chi connectivity index (χ0v) is 9.17. The van der Waals surface area contributed by atoms with Crippen molar-refractivity contribution >= 4 is 5.82 Å². The van der Waals surface area contributed by atoms with Gasteiger partial charge in [0.1, 0.15) is 23.1 Å². The van der Waals surface area contributed by atoms with E-state index in [1.807, 2.05) is 30.3 Å². The highest BCUT2D eigenvalue weighted by molar-refractivity contribution is 5.72. The second kappa shape index (κ2) is 4.68. The van der Waals surface area contributed by atoms with Crippen molar-refractivity contribution in [3.8, 4) is 17.3 Å². The first-order valence-corrected chi connectivity index (χ1v) is 5.20. The van der Waals surface area contributed by atoms with E-state index >= 15 is 0 Å². The summed E-state index contributed by atoms with van der Waals surface area (Å²) < 4.78 is 1.45. The van der Waals surface area contributed by atoms with Gasteiger partial charge >= 0.3 is 0 Å². The fourth-order valence-corrected chi connectivity index (χ4v) is 1.65. The summed E-state index contributed by atoms with van der Waals surface area (Å²) in [5.74, 6) is 0.292. The van der Waals surface area contributed by atoms with E-state index in [4.69, 9.17) is 16.1 Å². The predicted octanol–water partition coefficient (Wildman–Crippen LogP) is 0.996. The molecular formula is C12H12N4O. The molecular weight excluding hydrogens is 216 g/mol. The molecule has 0 amide bonds. The molecule has 0 saturated heterocycles. The highest BCUT2D eigenvalue weighted by Crippen LogP contribution is 2.25. The van der Waals surface area contributed by atoms with Gasteiger partial charge in [-0.05, 0) is 0 Å². The smallest absolute Gasteiger partial charge is 0.140 e. The van der Waals surface area contributed by atoms with Crippen LogP contribution in [0.5, 0.6) is 0 Å². The van der Waals surface area contributed by atoms with Crippen molar-refractivity contribution in [3.05, 3.63) is 35.9 Å². The number of aliphatic hydroxyl groups excluding tert-OH is 1. The number of nitriles is 1. The average Bonchev–Trinajstić information content (AvgIpc) is 2.68. The minimum absolute atomic E-state index is 0.0645. The Kier molecular flexibility index (Phi) is 3.08. The van der Waals surface area contributed by atoms with E-state index in [1.165, 1.54) is 4.68 Å². The monoisotopic (exact) mass is 228 g/mol. The lowest BCUT2D eigenvalue weighted by molar-refractivity contribution is 0.270. The van der Waals surface area contributed by atoms with E-state index in [0.29, 0.717) is 17.1 Å². The first-order chi connectivity index (χ1) is 8.27. The molecule has 17 heavy (non-hydrogen) atoms. The highest BCUT2D eigenvalue weighted by atomic mass is 16.3. The fourth-order valence-electron chi connectivity index (χ4n) is 1.65. The summed E-state index contributed by atoms with van der Waals surface area (Å²) in [4.78, 5) is 0. The summed E-state index contributed by atoms with van der Waals surface area (Å²) in [7, 11) is 0. The Morgan fingerprint density at radius 1 is 1.35 bits per heavy atom. The van der Waals surface area contributed by atoms with Crippen molar-refractivity contribution < 1.29 is 5.11 Å². The predicted molar refractivity (Wildman–Crippen MR) is 63.9 cm³/mol. The first kappa shape index (κ1) is 11.2. The zero-order valence-electron chi connectivity index (χ0n) is 9.17. The molecule has 1 heterocycles. The molecule has 0 aliphatic rings. The number of aliphatic hydroxyl groups is 1. The Hall–Kier alpha value is -2.32. The average molecular weight is 228 g/mol. The van der Waals surface area contributed by atoms with Gasteiger partial charge < -0.3 is 10.8 Å². The van der Waals surface area contributed by atoms with Crippen LogP contribution in [0.15, 0.2) is 30.3 Å². The number of benzene rings is 1. The summed E-state index contributed by atoms with van der Waals surface area (Å²) in [6.07, 6.45) is 0. The third-order valence-electron chi connectivity index (χ3n) is 2.46. The van der Waals surface area contributed by atoms with Gasteiger partial charge in [0.2, 0.25) is 0 Å². The Bertz CT molecular complexity index is 554. The number of nitrogens with zero attached hydrogens (tertiary/aromatic N) is 3. The normalized spacial score (nSPS) is 10.1. The summed E-state index contributed by atoms with van der Waals surface area (Å²) >= 11 is 0. The van der Waals surface area contributed by atoms with E-state index in [1.54, 1.807) is 0 Å². The van der Waals surface area contributed by atoms with Crippen LogP contribution in [0.1, 0.15) is 5.56 Å². The molecule has 5 nitrogen and oxygen atoms in total. The lowest BCUT2D eigenvalue weighted by atomic mass is 10.1. The number of hydrogen-bond acceptors (Lipinski definition) is 4. The minimum Gasteiger partial charge on any atom is -0.394 e. The number of rotatable bonds is 3. The van der Waals surface area contributed by atoms with E-state index < -0.39 is 0 Å². The second-order valence-corrected chi connectivity index (χ2v) is 3.53. The van der Waals surface area contributed by atoms with Gasteiger partial charge in [-0.1, -0.05) is 30.3 Å². The van der Waals surface area contributed by atoms with Crippen LogP contribution >= 0.6 is 0 Å². The van der Waals surface area contributed by atoms with Gasteiger partial charge in [0.25, 0.3) is 0 Å². The third kappa shape index (κ3) is 1.98. The Morgan fingerprint density at radius 3 is 2.65 bits per heavy atom. The van der Waals surface area contributed by atoms with Gasteiger partial charge in [-0.2, -0.15) is 10.4 Å². The molecule has 0 saturated carbocycles. The van der Waals surface area contributed by atoms with Crippen molar-refractivity contribution in [1.29, 1.82) is 5.26 Å². The molecule has 1 aromatic heterocycles. The number of nitrogen functional groups attached to an aromatic ring is 1. The summed E-state index contributed by atoms with van der Waals surface area (Å²) in [6.45, 7) is 0.221. The summed E-state index contributed by atoms with van der Waals surface area (Å²) in [5, 5.41) is 22.2. The van der Waals surface area contributed by atoms with Crippen molar-refractivity contribution in [2.45, 2.75) is 6.54 Å². The lowest BCUT2D eigenvalue weighted by Crippen LogP contribution is -2.07. The second-order valence-electron chi connectivity index (χ2n) is 3.53. The SMILES string of the molecule is N#Cc1c(-c2ccccc2)nn(CCO)c1N. The maximum absolute atomic E-state index is 9.10. The summed E-state index contributed by atoms with van der Waals surface area (Å²) in [5.41, 5.74) is 7.55. The van der Waals surface area contributed by atoms with Gasteiger partial charge in [-0.3, -0.25) is 0 Å². The molecule has 0 fully saturated rings. The molecule has 0 aliphatic heterocycles. The van der Waals surface area contributed by atoms with E-state index in [-0.39, 0.29) is 13.2 Å². The maximum Gasteiger partial charge on any atom is 0.140 e. The van der Waals surface area contributed by atoms with Gasteiger partial charge in [0.15, 0.2) is 0 Å². The molecule has 0 unspecified atom stereocenters. The van der Waals surface area contributed by atoms with Crippen LogP contribution in [0.4, 0.5) is 5.82 Å². The molecule has 5 heteroatoms. The minimum atomic E-state index is -0.0645. The lowest BCUT2D eigenvalue weighted by Gasteiger charge is -1.98. The number of anilines is 1. The van der Waals surface area contributed by atoms with Crippen LogP contribution in [0.3, 0.4) is 0 Å². The van der Waals surface area contributed by atoms with Crippen molar-refractivity contribution in [1.82, 2.24) is 9.78 Å². The molecule has 1 aromatic carbocycles. The van der Waals surface area contributed by atoms with Gasteiger partial charge in [0, 0.05) is 5.56 Å². The van der Waals surface area contributed by atoms with Crippen LogP contribution in [-0.4, -0.2) is 21.5 Å². The Morgan fingerprint density at radius 2 is 2.06 bits per heavy atom. The standard InChI is InChI=1S/C12H12N4O/c13-8-10-11(9-4-2-1-3-5-9)15-16(6-7-17)12(10)14/h1-5,17H,6-7,14H2. The molecule has 2 rings (SSSR count). The van der Waals surface area contributed by atoms with Crippen molar-refractivity contribution in [3.63, 3.8) is 0 Å². The number of aromatic nitrogens is 2. The van der Waals surface area contributed by atoms with Crippen LogP contribution in [-0.2, 0) is 6.54 Å². The van der Waals surface area contributed by atoms with Crippen LogP contribution in [0.25, 0.3) is 11.3 Å². The topological polar surface area (TPSA) is 87.9 Å². The highest BCUT2D eigenvalue weighted by Gasteiger charge is 2.16. The quantitative estimate of drug-likeness (QED) is 0.820. The molecule has 86 valence electrons. The van der Waals surface area contributed by atoms with Gasteiger partial charge in [0.05, 0.1) is 13.2 Å².